The Kier molecular flexibility index (Phi) is 4.56. The Labute approximate surface area is 160 Å². The Morgan fingerprint density at radius 1 is 1.15 bits per heavy atom. The molecule has 1 aromatic heterocycles. The van der Waals surface area contributed by atoms with Crippen molar-refractivity contribution in [2.24, 2.45) is 5.73 Å². The van der Waals surface area contributed by atoms with Gasteiger partial charge in [0.05, 0.1) is 18.2 Å². The van der Waals surface area contributed by atoms with Crippen LogP contribution < -0.4 is 5.73 Å². The third-order valence-electron chi connectivity index (χ3n) is 5.71. The molecule has 0 radical (unpaired) electrons. The van der Waals surface area contributed by atoms with Crippen molar-refractivity contribution in [2.45, 2.75) is 44.6 Å². The summed E-state index contributed by atoms with van der Waals surface area (Å²) in [7, 11) is 0. The first-order chi connectivity index (χ1) is 13.1. The van der Waals surface area contributed by atoms with Crippen molar-refractivity contribution >= 4 is 5.91 Å². The third-order valence-corrected chi connectivity index (χ3v) is 5.71. The Hall–Kier alpha value is -2.88. The number of carbonyl (C=O) groups excluding carboxylic acids is 1. The van der Waals surface area contributed by atoms with Crippen LogP contribution in [0.15, 0.2) is 60.9 Å². The van der Waals surface area contributed by atoms with Crippen LogP contribution in [0, 0.1) is 6.92 Å². The number of aromatic nitrogens is 2. The lowest BCUT2D eigenvalue weighted by Crippen LogP contribution is -2.45. The first kappa shape index (κ1) is 17.5. The largest absolute Gasteiger partial charge is 0.369 e. The van der Waals surface area contributed by atoms with Crippen LogP contribution in [0.3, 0.4) is 0 Å². The monoisotopic (exact) mass is 359 g/mol. The van der Waals surface area contributed by atoms with Crippen molar-refractivity contribution < 1.29 is 4.79 Å². The quantitative estimate of drug-likeness (QED) is 0.757. The predicted octanol–water partition coefficient (Wildman–Crippen LogP) is 3.54. The molecule has 0 spiro atoms. The van der Waals surface area contributed by atoms with Gasteiger partial charge >= 0.3 is 0 Å². The zero-order chi connectivity index (χ0) is 18.9. The maximum absolute atomic E-state index is 12.6. The van der Waals surface area contributed by atoms with E-state index in [0.29, 0.717) is 6.42 Å². The molecule has 0 saturated heterocycles. The fourth-order valence-corrected chi connectivity index (χ4v) is 4.26. The molecule has 2 aromatic carbocycles. The number of amides is 1. The van der Waals surface area contributed by atoms with E-state index in [4.69, 9.17) is 5.73 Å². The highest BCUT2D eigenvalue weighted by molar-refractivity contribution is 5.88. The van der Waals surface area contributed by atoms with Gasteiger partial charge in [-0.3, -0.25) is 9.48 Å². The highest BCUT2D eigenvalue weighted by atomic mass is 16.1. The van der Waals surface area contributed by atoms with Gasteiger partial charge in [-0.1, -0.05) is 54.1 Å². The number of rotatable bonds is 5. The van der Waals surface area contributed by atoms with Crippen LogP contribution in [0.5, 0.6) is 0 Å². The van der Waals surface area contributed by atoms with E-state index in [1.54, 1.807) is 0 Å². The lowest BCUT2D eigenvalue weighted by molar-refractivity contribution is -0.124. The summed E-state index contributed by atoms with van der Waals surface area (Å²) in [6.07, 6.45) is 7.31. The molecule has 1 aliphatic carbocycles. The number of hydrogen-bond donors (Lipinski definition) is 1. The van der Waals surface area contributed by atoms with Gasteiger partial charge in [0.2, 0.25) is 5.91 Å². The molecular formula is C23H25N3O. The Morgan fingerprint density at radius 2 is 1.93 bits per heavy atom. The lowest BCUT2D eigenvalue weighted by atomic mass is 9.66. The summed E-state index contributed by atoms with van der Waals surface area (Å²) >= 11 is 0. The minimum Gasteiger partial charge on any atom is -0.369 e. The number of carbonyl (C=O) groups is 1. The van der Waals surface area contributed by atoms with Crippen molar-refractivity contribution in [3.05, 3.63) is 88.7 Å². The maximum Gasteiger partial charge on any atom is 0.228 e. The molecule has 0 bridgehead atoms. The molecule has 1 atom stereocenters. The number of hydrogen-bond acceptors (Lipinski definition) is 2. The summed E-state index contributed by atoms with van der Waals surface area (Å²) in [4.78, 5) is 12.6. The molecule has 0 aliphatic heterocycles. The smallest absolute Gasteiger partial charge is 0.228 e. The second-order valence-corrected chi connectivity index (χ2v) is 7.67. The fraction of sp³-hybridized carbons (Fsp3) is 0.304. The van der Waals surface area contributed by atoms with E-state index in [9.17, 15) is 4.79 Å². The zero-order valence-electron chi connectivity index (χ0n) is 15.7. The standard InChI is InChI=1S/C23H25N3O/c1-17-8-10-18(11-9-17)15-26-16-19(14-25-26)13-23(22(24)27)12-4-6-20-5-2-3-7-21(20)23/h2-3,5,7-11,14,16H,4,6,12-13,15H2,1H3,(H2,24,27). The van der Waals surface area contributed by atoms with Gasteiger partial charge in [0.25, 0.3) is 0 Å². The summed E-state index contributed by atoms with van der Waals surface area (Å²) in [5.74, 6) is -0.235. The molecular weight excluding hydrogens is 334 g/mol. The highest BCUT2D eigenvalue weighted by Gasteiger charge is 2.42. The topological polar surface area (TPSA) is 60.9 Å². The third kappa shape index (κ3) is 3.39. The molecule has 138 valence electrons. The van der Waals surface area contributed by atoms with Crippen LogP contribution in [-0.2, 0) is 29.6 Å². The van der Waals surface area contributed by atoms with Gasteiger partial charge < -0.3 is 5.73 Å². The molecule has 2 N–H and O–H groups in total. The first-order valence-electron chi connectivity index (χ1n) is 9.52. The van der Waals surface area contributed by atoms with Crippen molar-refractivity contribution in [3.8, 4) is 0 Å². The van der Waals surface area contributed by atoms with Gasteiger partial charge in [0, 0.05) is 6.20 Å². The number of nitrogens with zero attached hydrogens (tertiary/aromatic N) is 2. The molecule has 1 aliphatic rings. The minimum atomic E-state index is -0.632. The zero-order valence-corrected chi connectivity index (χ0v) is 15.7. The SMILES string of the molecule is Cc1ccc(Cn2cc(CC3(C(N)=O)CCCc4ccccc43)cn2)cc1. The van der Waals surface area contributed by atoms with Crippen LogP contribution in [0.25, 0.3) is 0 Å². The van der Waals surface area contributed by atoms with Crippen LogP contribution in [0.1, 0.15) is 40.7 Å². The van der Waals surface area contributed by atoms with Gasteiger partial charge in [-0.2, -0.15) is 5.10 Å². The lowest BCUT2D eigenvalue weighted by Gasteiger charge is -2.36. The number of fused-ring (bicyclic) bond motifs is 1. The minimum absolute atomic E-state index is 0.235. The molecule has 3 aromatic rings. The van der Waals surface area contributed by atoms with E-state index in [0.717, 1.165) is 36.9 Å². The Balaban J connectivity index is 1.60. The molecule has 1 unspecified atom stereocenters. The number of aryl methyl sites for hydroxylation is 2. The van der Waals surface area contributed by atoms with Gasteiger partial charge in [0.1, 0.15) is 0 Å². The molecule has 27 heavy (non-hydrogen) atoms. The van der Waals surface area contributed by atoms with E-state index in [2.05, 4.69) is 48.4 Å². The Morgan fingerprint density at radius 3 is 2.70 bits per heavy atom. The van der Waals surface area contributed by atoms with E-state index in [1.165, 1.54) is 16.7 Å². The van der Waals surface area contributed by atoms with Crippen LogP contribution in [-0.4, -0.2) is 15.7 Å². The molecule has 1 heterocycles. The second-order valence-electron chi connectivity index (χ2n) is 7.67. The van der Waals surface area contributed by atoms with Gasteiger partial charge in [-0.25, -0.2) is 0 Å². The van der Waals surface area contributed by atoms with Crippen LogP contribution >= 0.6 is 0 Å². The van der Waals surface area contributed by atoms with E-state index >= 15 is 0 Å². The van der Waals surface area contributed by atoms with Gasteiger partial charge in [0.15, 0.2) is 0 Å². The summed E-state index contributed by atoms with van der Waals surface area (Å²) < 4.78 is 1.93. The van der Waals surface area contributed by atoms with E-state index in [1.807, 2.05) is 29.2 Å². The average Bonchev–Trinajstić information content (AvgIpc) is 3.10. The molecule has 4 rings (SSSR count). The van der Waals surface area contributed by atoms with Gasteiger partial charge in [-0.05, 0) is 54.9 Å². The molecule has 1 amide bonds. The maximum atomic E-state index is 12.6. The first-order valence-corrected chi connectivity index (χ1v) is 9.52. The van der Waals surface area contributed by atoms with Gasteiger partial charge in [-0.15, -0.1) is 0 Å². The van der Waals surface area contributed by atoms with Crippen molar-refractivity contribution in [3.63, 3.8) is 0 Å². The van der Waals surface area contributed by atoms with Crippen molar-refractivity contribution in [2.75, 3.05) is 0 Å². The normalized spacial score (nSPS) is 18.9. The second kappa shape index (κ2) is 7.03. The fourth-order valence-electron chi connectivity index (χ4n) is 4.26. The molecule has 4 heteroatoms. The number of benzene rings is 2. The van der Waals surface area contributed by atoms with E-state index in [-0.39, 0.29) is 5.91 Å². The summed E-state index contributed by atoms with van der Waals surface area (Å²) in [6, 6.07) is 16.7. The van der Waals surface area contributed by atoms with Crippen LogP contribution in [0.2, 0.25) is 0 Å². The molecule has 4 nitrogen and oxygen atoms in total. The number of nitrogens with two attached hydrogens (primary N) is 1. The number of primary amides is 1. The summed E-state index contributed by atoms with van der Waals surface area (Å²) in [5, 5.41) is 4.51. The summed E-state index contributed by atoms with van der Waals surface area (Å²) in [6.45, 7) is 2.81. The molecule has 0 saturated carbocycles. The Bertz CT molecular complexity index is 958. The van der Waals surface area contributed by atoms with Crippen molar-refractivity contribution in [1.29, 1.82) is 0 Å². The van der Waals surface area contributed by atoms with E-state index < -0.39 is 5.41 Å². The van der Waals surface area contributed by atoms with Crippen molar-refractivity contribution in [1.82, 2.24) is 9.78 Å². The molecule has 0 fully saturated rings. The average molecular weight is 359 g/mol. The summed E-state index contributed by atoms with van der Waals surface area (Å²) in [5.41, 5.74) is 11.2. The predicted molar refractivity (Wildman–Crippen MR) is 106 cm³/mol. The van der Waals surface area contributed by atoms with Crippen LogP contribution in [0.4, 0.5) is 0 Å². The highest BCUT2D eigenvalue weighted by Crippen LogP contribution is 2.39.